The molecular weight excluding hydrogens is 316 g/mol. The number of anilines is 2. The first-order valence-corrected chi connectivity index (χ1v) is 8.43. The molecule has 0 amide bonds. The first-order chi connectivity index (χ1) is 9.63. The molecule has 114 valence electrons. The second kappa shape index (κ2) is 9.97. The van der Waals surface area contributed by atoms with Crippen molar-refractivity contribution >= 4 is 27.7 Å². The van der Waals surface area contributed by atoms with Crippen LogP contribution >= 0.6 is 15.9 Å². The van der Waals surface area contributed by atoms with Gasteiger partial charge in [-0.05, 0) is 35.2 Å². The van der Waals surface area contributed by atoms with Crippen molar-refractivity contribution in [1.29, 1.82) is 0 Å². The number of aromatic nitrogens is 2. The Morgan fingerprint density at radius 2 is 1.90 bits per heavy atom. The highest BCUT2D eigenvalue weighted by Crippen LogP contribution is 2.20. The zero-order valence-electron chi connectivity index (χ0n) is 12.9. The van der Waals surface area contributed by atoms with Gasteiger partial charge in [-0.2, -0.15) is 4.98 Å². The normalized spacial score (nSPS) is 10.8. The van der Waals surface area contributed by atoms with E-state index < -0.39 is 0 Å². The van der Waals surface area contributed by atoms with Crippen LogP contribution in [0.15, 0.2) is 10.7 Å². The Morgan fingerprint density at radius 3 is 2.60 bits per heavy atom. The fraction of sp³-hybridized carbons (Fsp3) is 0.733. The predicted molar refractivity (Wildman–Crippen MR) is 90.3 cm³/mol. The molecule has 0 aliphatic carbocycles. The summed E-state index contributed by atoms with van der Waals surface area (Å²) < 4.78 is 0.916. The van der Waals surface area contributed by atoms with Crippen molar-refractivity contribution in [1.82, 2.24) is 9.97 Å². The summed E-state index contributed by atoms with van der Waals surface area (Å²) in [6, 6.07) is 0. The van der Waals surface area contributed by atoms with E-state index in [1.54, 1.807) is 6.20 Å². The molecule has 20 heavy (non-hydrogen) atoms. The standard InChI is InChI=1S/C15H27BrN4/c1-4-17-15-19-11-13(16)14(20-15)18-10-8-6-5-7-9-12(2)3/h11-12H,4-10H2,1-3H3,(H2,17,18,19,20). The first kappa shape index (κ1) is 17.2. The molecule has 0 saturated heterocycles. The van der Waals surface area contributed by atoms with Crippen molar-refractivity contribution in [2.45, 2.75) is 52.9 Å². The van der Waals surface area contributed by atoms with E-state index in [0.717, 1.165) is 29.3 Å². The minimum Gasteiger partial charge on any atom is -0.369 e. The topological polar surface area (TPSA) is 49.8 Å². The molecule has 2 N–H and O–H groups in total. The third kappa shape index (κ3) is 7.08. The average molecular weight is 343 g/mol. The Labute approximate surface area is 131 Å². The maximum absolute atomic E-state index is 4.44. The SMILES string of the molecule is CCNc1ncc(Br)c(NCCCCCCC(C)C)n1. The van der Waals surface area contributed by atoms with E-state index in [0.29, 0.717) is 5.95 Å². The molecule has 1 rings (SSSR count). The fourth-order valence-electron chi connectivity index (χ4n) is 1.97. The van der Waals surface area contributed by atoms with Gasteiger partial charge in [0.25, 0.3) is 0 Å². The van der Waals surface area contributed by atoms with Gasteiger partial charge < -0.3 is 10.6 Å². The number of nitrogens with zero attached hydrogens (tertiary/aromatic N) is 2. The van der Waals surface area contributed by atoms with Crippen LogP contribution in [0.25, 0.3) is 0 Å². The summed E-state index contributed by atoms with van der Waals surface area (Å²) in [5.74, 6) is 2.38. The molecule has 0 aromatic carbocycles. The zero-order chi connectivity index (χ0) is 14.8. The fourth-order valence-corrected chi connectivity index (χ4v) is 2.30. The van der Waals surface area contributed by atoms with Crippen molar-refractivity contribution in [2.75, 3.05) is 23.7 Å². The molecule has 0 atom stereocenters. The average Bonchev–Trinajstić information content (AvgIpc) is 2.41. The Kier molecular flexibility index (Phi) is 8.58. The van der Waals surface area contributed by atoms with Crippen molar-refractivity contribution in [2.24, 2.45) is 5.92 Å². The Hall–Kier alpha value is -0.840. The summed E-state index contributed by atoms with van der Waals surface area (Å²) in [7, 11) is 0. The minimum atomic E-state index is 0.676. The molecule has 0 saturated carbocycles. The van der Waals surface area contributed by atoms with Gasteiger partial charge in [0.15, 0.2) is 0 Å². The zero-order valence-corrected chi connectivity index (χ0v) is 14.5. The summed E-state index contributed by atoms with van der Waals surface area (Å²) in [5, 5.41) is 6.49. The summed E-state index contributed by atoms with van der Waals surface area (Å²) >= 11 is 3.48. The molecule has 4 nitrogen and oxygen atoms in total. The molecule has 0 unspecified atom stereocenters. The van der Waals surface area contributed by atoms with Crippen molar-refractivity contribution in [3.63, 3.8) is 0 Å². The van der Waals surface area contributed by atoms with Gasteiger partial charge in [-0.1, -0.05) is 39.5 Å². The van der Waals surface area contributed by atoms with Crippen molar-refractivity contribution in [3.8, 4) is 0 Å². The van der Waals surface area contributed by atoms with Crippen LogP contribution in [0.1, 0.15) is 52.9 Å². The van der Waals surface area contributed by atoms with E-state index in [2.05, 4.69) is 50.4 Å². The highest BCUT2D eigenvalue weighted by atomic mass is 79.9. The van der Waals surface area contributed by atoms with E-state index in [9.17, 15) is 0 Å². The van der Waals surface area contributed by atoms with Crippen molar-refractivity contribution < 1.29 is 0 Å². The van der Waals surface area contributed by atoms with Gasteiger partial charge in [-0.15, -0.1) is 0 Å². The molecule has 5 heteroatoms. The van der Waals surface area contributed by atoms with Crippen LogP contribution < -0.4 is 10.6 Å². The van der Waals surface area contributed by atoms with Crippen molar-refractivity contribution in [3.05, 3.63) is 10.7 Å². The van der Waals surface area contributed by atoms with E-state index in [-0.39, 0.29) is 0 Å². The van der Waals surface area contributed by atoms with E-state index in [4.69, 9.17) is 0 Å². The lowest BCUT2D eigenvalue weighted by Gasteiger charge is -2.09. The van der Waals surface area contributed by atoms with Crippen LogP contribution in [0.5, 0.6) is 0 Å². The molecule has 0 aliphatic rings. The number of hydrogen-bond acceptors (Lipinski definition) is 4. The smallest absolute Gasteiger partial charge is 0.224 e. The van der Waals surface area contributed by atoms with Crippen LogP contribution in [-0.4, -0.2) is 23.1 Å². The van der Waals surface area contributed by atoms with Crippen LogP contribution in [0.4, 0.5) is 11.8 Å². The summed E-state index contributed by atoms with van der Waals surface area (Å²) in [6.45, 7) is 8.40. The van der Waals surface area contributed by atoms with Gasteiger partial charge >= 0.3 is 0 Å². The van der Waals surface area contributed by atoms with Gasteiger partial charge in [0, 0.05) is 19.3 Å². The quantitative estimate of drug-likeness (QED) is 0.605. The molecule has 0 radical (unpaired) electrons. The second-order valence-electron chi connectivity index (χ2n) is 5.44. The minimum absolute atomic E-state index is 0.676. The van der Waals surface area contributed by atoms with Crippen LogP contribution in [-0.2, 0) is 0 Å². The lowest BCUT2D eigenvalue weighted by molar-refractivity contribution is 0.523. The number of hydrogen-bond donors (Lipinski definition) is 2. The van der Waals surface area contributed by atoms with E-state index >= 15 is 0 Å². The van der Waals surface area contributed by atoms with Gasteiger partial charge in [0.05, 0.1) is 4.47 Å². The molecule has 1 aromatic rings. The Bertz CT molecular complexity index is 382. The number of nitrogens with one attached hydrogen (secondary N) is 2. The number of rotatable bonds is 10. The molecule has 0 aliphatic heterocycles. The maximum atomic E-state index is 4.44. The van der Waals surface area contributed by atoms with E-state index in [1.165, 1.54) is 32.1 Å². The number of unbranched alkanes of at least 4 members (excludes halogenated alkanes) is 3. The maximum Gasteiger partial charge on any atom is 0.224 e. The predicted octanol–water partition coefficient (Wildman–Crippen LogP) is 4.69. The highest BCUT2D eigenvalue weighted by Gasteiger charge is 2.03. The third-order valence-electron chi connectivity index (χ3n) is 3.08. The molecule has 0 bridgehead atoms. The molecular formula is C15H27BrN4. The van der Waals surface area contributed by atoms with Gasteiger partial charge in [-0.25, -0.2) is 4.98 Å². The Balaban J connectivity index is 2.22. The largest absolute Gasteiger partial charge is 0.369 e. The molecule has 1 heterocycles. The summed E-state index contributed by atoms with van der Waals surface area (Å²) in [4.78, 5) is 8.64. The summed E-state index contributed by atoms with van der Waals surface area (Å²) in [5.41, 5.74) is 0. The lowest BCUT2D eigenvalue weighted by Crippen LogP contribution is -2.08. The Morgan fingerprint density at radius 1 is 1.15 bits per heavy atom. The van der Waals surface area contributed by atoms with Gasteiger partial charge in [-0.3, -0.25) is 0 Å². The monoisotopic (exact) mass is 342 g/mol. The molecule has 1 aromatic heterocycles. The summed E-state index contributed by atoms with van der Waals surface area (Å²) in [6.07, 6.45) is 8.27. The first-order valence-electron chi connectivity index (χ1n) is 7.63. The molecule has 0 spiro atoms. The lowest BCUT2D eigenvalue weighted by atomic mass is 10.0. The van der Waals surface area contributed by atoms with Gasteiger partial charge in [0.1, 0.15) is 5.82 Å². The van der Waals surface area contributed by atoms with Crippen LogP contribution in [0.2, 0.25) is 0 Å². The second-order valence-corrected chi connectivity index (χ2v) is 6.30. The third-order valence-corrected chi connectivity index (χ3v) is 3.66. The van der Waals surface area contributed by atoms with E-state index in [1.807, 2.05) is 6.92 Å². The molecule has 0 fully saturated rings. The highest BCUT2D eigenvalue weighted by molar-refractivity contribution is 9.10. The number of halogens is 1. The van der Waals surface area contributed by atoms with Crippen LogP contribution in [0, 0.1) is 5.92 Å². The van der Waals surface area contributed by atoms with Crippen LogP contribution in [0.3, 0.4) is 0 Å². The van der Waals surface area contributed by atoms with Gasteiger partial charge in [0.2, 0.25) is 5.95 Å².